The summed E-state index contributed by atoms with van der Waals surface area (Å²) < 4.78 is 57.6. The number of hydrogen-bond acceptors (Lipinski definition) is 7. The van der Waals surface area contributed by atoms with Crippen LogP contribution in [0.3, 0.4) is 0 Å². The summed E-state index contributed by atoms with van der Waals surface area (Å²) in [6.07, 6.45) is -5.08. The van der Waals surface area contributed by atoms with E-state index in [2.05, 4.69) is 14.9 Å². The van der Waals surface area contributed by atoms with E-state index in [0.717, 1.165) is 0 Å². The minimum atomic E-state index is -5.08. The minimum absolute atomic E-state index is 0.0100. The summed E-state index contributed by atoms with van der Waals surface area (Å²) in [6, 6.07) is 4.78. The van der Waals surface area contributed by atoms with Gasteiger partial charge in [0.2, 0.25) is 15.9 Å². The lowest BCUT2D eigenvalue weighted by molar-refractivity contribution is -0.192. The van der Waals surface area contributed by atoms with Crippen molar-refractivity contribution in [2.24, 2.45) is 0 Å². The molecule has 0 saturated carbocycles. The fourth-order valence-corrected chi connectivity index (χ4v) is 3.63. The molecule has 0 bridgehead atoms. The number of sulfonamides is 1. The van der Waals surface area contributed by atoms with E-state index < -0.39 is 28.1 Å². The molecule has 0 radical (unpaired) electrons. The van der Waals surface area contributed by atoms with Crippen LogP contribution in [-0.2, 0) is 19.6 Å². The molecule has 1 heterocycles. The standard InChI is InChI=1S/C18H28N4O5S.C2HF3O2/c1-4-28(26,27)20-16-6-5-14(11-15(16)18(24)25)22-9-7-21(8-10-22)12-17(23)19-13(2)3;3-2(4,5)1(6)7/h5-6,11,13,20H,4,7-10,12H2,1-3H3,(H,19,23)(H,24,25);(H,6,7). The molecule has 0 aromatic heterocycles. The maximum absolute atomic E-state index is 11.9. The molecule has 1 aliphatic rings. The van der Waals surface area contributed by atoms with Gasteiger partial charge in [0, 0.05) is 37.9 Å². The third-order valence-electron chi connectivity index (χ3n) is 4.68. The number of alkyl halides is 3. The van der Waals surface area contributed by atoms with E-state index in [-0.39, 0.29) is 29.0 Å². The molecule has 0 spiro atoms. The van der Waals surface area contributed by atoms with Crippen molar-refractivity contribution in [3.8, 4) is 0 Å². The van der Waals surface area contributed by atoms with Gasteiger partial charge in [-0.1, -0.05) is 0 Å². The van der Waals surface area contributed by atoms with Crippen LogP contribution >= 0.6 is 0 Å². The highest BCUT2D eigenvalue weighted by Gasteiger charge is 2.38. The molecule has 2 rings (SSSR count). The number of aliphatic carboxylic acids is 1. The van der Waals surface area contributed by atoms with Crippen molar-refractivity contribution in [2.75, 3.05) is 48.1 Å². The number of anilines is 2. The normalized spacial score (nSPS) is 14.7. The summed E-state index contributed by atoms with van der Waals surface area (Å²) in [5.41, 5.74) is 0.679. The highest BCUT2D eigenvalue weighted by atomic mass is 32.2. The maximum Gasteiger partial charge on any atom is 0.490 e. The Kier molecular flexibility index (Phi) is 10.8. The van der Waals surface area contributed by atoms with Crippen LogP contribution in [0.2, 0.25) is 0 Å². The van der Waals surface area contributed by atoms with Crippen LogP contribution in [0.1, 0.15) is 31.1 Å². The van der Waals surface area contributed by atoms with Crippen molar-refractivity contribution in [3.05, 3.63) is 23.8 Å². The molecule has 1 saturated heterocycles. The first kappa shape index (κ1) is 30.0. The number of benzene rings is 1. The number of carbonyl (C=O) groups is 3. The van der Waals surface area contributed by atoms with E-state index in [0.29, 0.717) is 38.4 Å². The van der Waals surface area contributed by atoms with Gasteiger partial charge in [0.15, 0.2) is 0 Å². The van der Waals surface area contributed by atoms with E-state index in [1.807, 2.05) is 18.7 Å². The largest absolute Gasteiger partial charge is 0.490 e. The molecule has 1 amide bonds. The number of rotatable bonds is 8. The first-order valence-electron chi connectivity index (χ1n) is 10.5. The van der Waals surface area contributed by atoms with Crippen molar-refractivity contribution < 1.29 is 46.2 Å². The summed E-state index contributed by atoms with van der Waals surface area (Å²) in [6.45, 7) is 8.31. The van der Waals surface area contributed by atoms with Gasteiger partial charge >= 0.3 is 18.1 Å². The van der Waals surface area contributed by atoms with Crippen molar-refractivity contribution in [2.45, 2.75) is 33.0 Å². The number of carboxylic acids is 2. The lowest BCUT2D eigenvalue weighted by atomic mass is 10.1. The van der Waals surface area contributed by atoms with E-state index in [1.165, 1.54) is 19.1 Å². The summed E-state index contributed by atoms with van der Waals surface area (Å²) in [5.74, 6) is -4.10. The van der Waals surface area contributed by atoms with Gasteiger partial charge in [-0.05, 0) is 39.0 Å². The zero-order valence-electron chi connectivity index (χ0n) is 19.4. The highest BCUT2D eigenvalue weighted by molar-refractivity contribution is 7.92. The fourth-order valence-electron chi connectivity index (χ4n) is 2.97. The van der Waals surface area contributed by atoms with Gasteiger partial charge in [0.25, 0.3) is 0 Å². The average Bonchev–Trinajstić information content (AvgIpc) is 2.73. The third kappa shape index (κ3) is 10.4. The lowest BCUT2D eigenvalue weighted by Gasteiger charge is -2.36. The van der Waals surface area contributed by atoms with Gasteiger partial charge in [0.1, 0.15) is 0 Å². The Bertz CT molecular complexity index is 1010. The summed E-state index contributed by atoms with van der Waals surface area (Å²) in [7, 11) is -3.57. The molecule has 1 aromatic carbocycles. The number of aromatic carboxylic acids is 1. The van der Waals surface area contributed by atoms with Crippen molar-refractivity contribution in [3.63, 3.8) is 0 Å². The molecule has 1 aromatic rings. The lowest BCUT2D eigenvalue weighted by Crippen LogP contribution is -2.50. The number of nitrogens with zero attached hydrogens (tertiary/aromatic N) is 2. The molecule has 1 fully saturated rings. The summed E-state index contributed by atoms with van der Waals surface area (Å²) in [4.78, 5) is 36.4. The van der Waals surface area contributed by atoms with Crippen LogP contribution < -0.4 is 14.9 Å². The smallest absolute Gasteiger partial charge is 0.478 e. The second-order valence-corrected chi connectivity index (χ2v) is 9.84. The number of piperazine rings is 1. The molecule has 15 heteroatoms. The molecule has 35 heavy (non-hydrogen) atoms. The monoisotopic (exact) mass is 526 g/mol. The Balaban J connectivity index is 0.000000762. The number of amides is 1. The molecule has 0 unspecified atom stereocenters. The zero-order chi connectivity index (χ0) is 27.0. The predicted octanol–water partition coefficient (Wildman–Crippen LogP) is 1.43. The quantitative estimate of drug-likeness (QED) is 0.393. The topological polar surface area (TPSA) is 156 Å². The van der Waals surface area contributed by atoms with Gasteiger partial charge in [-0.15, -0.1) is 0 Å². The minimum Gasteiger partial charge on any atom is -0.478 e. The van der Waals surface area contributed by atoms with E-state index >= 15 is 0 Å². The average molecular weight is 527 g/mol. The molecular weight excluding hydrogens is 497 g/mol. The SMILES string of the molecule is CCS(=O)(=O)Nc1ccc(N2CCN(CC(=O)NC(C)C)CC2)cc1C(=O)O.O=C(O)C(F)(F)F. The molecule has 11 nitrogen and oxygen atoms in total. The Labute approximate surface area is 200 Å². The molecule has 1 aliphatic heterocycles. The number of nitrogens with one attached hydrogen (secondary N) is 2. The molecule has 0 aliphatic carbocycles. The number of hydrogen-bond donors (Lipinski definition) is 4. The Hall–Kier alpha value is -3.07. The number of halogens is 3. The van der Waals surface area contributed by atoms with Gasteiger partial charge < -0.3 is 20.4 Å². The third-order valence-corrected chi connectivity index (χ3v) is 5.97. The number of carbonyl (C=O) groups excluding carboxylic acids is 1. The van der Waals surface area contributed by atoms with Gasteiger partial charge in [-0.25, -0.2) is 18.0 Å². The van der Waals surface area contributed by atoms with Crippen molar-refractivity contribution >= 4 is 39.2 Å². The van der Waals surface area contributed by atoms with Crippen LogP contribution in [-0.4, -0.2) is 92.1 Å². The Morgan fingerprint density at radius 2 is 1.63 bits per heavy atom. The number of carboxylic acid groups (broad SMARTS) is 2. The fraction of sp³-hybridized carbons (Fsp3) is 0.550. The molecule has 0 atom stereocenters. The second kappa shape index (κ2) is 12.6. The first-order valence-corrected chi connectivity index (χ1v) is 12.2. The van der Waals surface area contributed by atoms with Gasteiger partial charge in [-0.2, -0.15) is 13.2 Å². The van der Waals surface area contributed by atoms with Crippen LogP contribution in [0.25, 0.3) is 0 Å². The van der Waals surface area contributed by atoms with Crippen LogP contribution in [0.15, 0.2) is 18.2 Å². The molecule has 198 valence electrons. The van der Waals surface area contributed by atoms with Gasteiger partial charge in [-0.3, -0.25) is 14.4 Å². The van der Waals surface area contributed by atoms with Crippen LogP contribution in [0.4, 0.5) is 24.5 Å². The Morgan fingerprint density at radius 1 is 1.09 bits per heavy atom. The van der Waals surface area contributed by atoms with E-state index in [1.54, 1.807) is 6.07 Å². The van der Waals surface area contributed by atoms with E-state index in [9.17, 15) is 36.3 Å². The maximum atomic E-state index is 11.9. The highest BCUT2D eigenvalue weighted by Crippen LogP contribution is 2.25. The second-order valence-electron chi connectivity index (χ2n) is 7.83. The summed E-state index contributed by atoms with van der Waals surface area (Å²) >= 11 is 0. The molecular formula is C20H29F3N4O7S. The van der Waals surface area contributed by atoms with Gasteiger partial charge in [0.05, 0.1) is 23.5 Å². The van der Waals surface area contributed by atoms with Crippen LogP contribution in [0, 0.1) is 0 Å². The Morgan fingerprint density at radius 3 is 2.06 bits per heavy atom. The van der Waals surface area contributed by atoms with Crippen molar-refractivity contribution in [1.82, 2.24) is 10.2 Å². The molecule has 4 N–H and O–H groups in total. The van der Waals surface area contributed by atoms with E-state index in [4.69, 9.17) is 9.90 Å². The summed E-state index contributed by atoms with van der Waals surface area (Å²) in [5, 5.41) is 19.5. The van der Waals surface area contributed by atoms with Crippen LogP contribution in [0.5, 0.6) is 0 Å². The van der Waals surface area contributed by atoms with Crippen molar-refractivity contribution in [1.29, 1.82) is 0 Å². The predicted molar refractivity (Wildman–Crippen MR) is 122 cm³/mol. The first-order chi connectivity index (χ1) is 16.1. The zero-order valence-corrected chi connectivity index (χ0v) is 20.2.